The molecule has 0 saturated carbocycles. The minimum absolute atomic E-state index is 0.00269. The zero-order valence-electron chi connectivity index (χ0n) is 15.5. The first-order valence-corrected chi connectivity index (χ1v) is 9.77. The Balaban J connectivity index is 1.59. The molecular formula is C19H23N3O3S. The number of carbonyl (C=O) groups is 1. The van der Waals surface area contributed by atoms with Gasteiger partial charge < -0.3 is 14.8 Å². The summed E-state index contributed by atoms with van der Waals surface area (Å²) in [5, 5.41) is 3.81. The highest BCUT2D eigenvalue weighted by Crippen LogP contribution is 2.34. The Labute approximate surface area is 157 Å². The van der Waals surface area contributed by atoms with Gasteiger partial charge in [-0.2, -0.15) is 0 Å². The van der Waals surface area contributed by atoms with E-state index in [1.165, 1.54) is 11.8 Å². The number of fused-ring (bicyclic) bond motifs is 1. The molecule has 2 heterocycles. The molecule has 0 fully saturated rings. The fourth-order valence-corrected chi connectivity index (χ4v) is 3.44. The topological polar surface area (TPSA) is 73.3 Å². The van der Waals surface area contributed by atoms with E-state index in [0.717, 1.165) is 39.2 Å². The van der Waals surface area contributed by atoms with Crippen LogP contribution in [0.4, 0.5) is 0 Å². The summed E-state index contributed by atoms with van der Waals surface area (Å²) < 4.78 is 10.7. The fourth-order valence-electron chi connectivity index (χ4n) is 2.98. The number of nitrogens with one attached hydrogen (secondary N) is 1. The fraction of sp³-hybridized carbons (Fsp3) is 0.421. The van der Waals surface area contributed by atoms with Crippen LogP contribution in [0.3, 0.4) is 0 Å². The summed E-state index contributed by atoms with van der Waals surface area (Å²) in [6.45, 7) is 6.14. The Kier molecular flexibility index (Phi) is 5.66. The molecule has 0 radical (unpaired) electrons. The molecule has 138 valence electrons. The molecule has 1 aliphatic rings. The molecular weight excluding hydrogens is 350 g/mol. The molecule has 7 heteroatoms. The third kappa shape index (κ3) is 4.09. The molecule has 1 atom stereocenters. The SMILES string of the molecule is CSc1nc(C)c(CCC(=O)N[C@H](C)c2ccc3c(c2)OCO3)c(C)n1. The van der Waals surface area contributed by atoms with Crippen LogP contribution >= 0.6 is 11.8 Å². The summed E-state index contributed by atoms with van der Waals surface area (Å²) in [6.07, 6.45) is 2.99. The Morgan fingerprint density at radius 3 is 2.62 bits per heavy atom. The van der Waals surface area contributed by atoms with Crippen LogP contribution in [-0.4, -0.2) is 28.9 Å². The van der Waals surface area contributed by atoms with Crippen LogP contribution in [-0.2, 0) is 11.2 Å². The highest BCUT2D eigenvalue weighted by molar-refractivity contribution is 7.98. The molecule has 3 rings (SSSR count). The third-order valence-electron chi connectivity index (χ3n) is 4.46. The molecule has 1 aliphatic heterocycles. The molecule has 0 spiro atoms. The zero-order valence-corrected chi connectivity index (χ0v) is 16.3. The Morgan fingerprint density at radius 1 is 1.23 bits per heavy atom. The van der Waals surface area contributed by atoms with E-state index in [-0.39, 0.29) is 18.7 Å². The number of aryl methyl sites for hydroxylation is 2. The van der Waals surface area contributed by atoms with Gasteiger partial charge in [0, 0.05) is 17.8 Å². The maximum absolute atomic E-state index is 12.4. The summed E-state index contributed by atoms with van der Waals surface area (Å²) in [5.74, 6) is 1.47. The number of rotatable bonds is 6. The van der Waals surface area contributed by atoms with E-state index in [9.17, 15) is 4.79 Å². The van der Waals surface area contributed by atoms with Gasteiger partial charge in [0.25, 0.3) is 0 Å². The second-order valence-corrected chi connectivity index (χ2v) is 7.03. The molecule has 26 heavy (non-hydrogen) atoms. The minimum Gasteiger partial charge on any atom is -0.454 e. The number of benzene rings is 1. The van der Waals surface area contributed by atoms with Crippen molar-refractivity contribution in [3.8, 4) is 11.5 Å². The van der Waals surface area contributed by atoms with Gasteiger partial charge >= 0.3 is 0 Å². The Morgan fingerprint density at radius 2 is 1.92 bits per heavy atom. The van der Waals surface area contributed by atoms with Gasteiger partial charge in [-0.3, -0.25) is 4.79 Å². The van der Waals surface area contributed by atoms with Crippen LogP contribution in [0.25, 0.3) is 0 Å². The molecule has 1 N–H and O–H groups in total. The summed E-state index contributed by atoms with van der Waals surface area (Å²) in [4.78, 5) is 21.3. The van der Waals surface area contributed by atoms with Crippen molar-refractivity contribution in [2.75, 3.05) is 13.0 Å². The van der Waals surface area contributed by atoms with E-state index in [1.54, 1.807) is 0 Å². The van der Waals surface area contributed by atoms with Crippen LogP contribution in [0.2, 0.25) is 0 Å². The van der Waals surface area contributed by atoms with E-state index in [1.807, 2.05) is 45.2 Å². The lowest BCUT2D eigenvalue weighted by molar-refractivity contribution is -0.121. The minimum atomic E-state index is -0.102. The van der Waals surface area contributed by atoms with Gasteiger partial charge in [0.15, 0.2) is 16.7 Å². The number of thioether (sulfide) groups is 1. The van der Waals surface area contributed by atoms with Gasteiger partial charge in [-0.15, -0.1) is 0 Å². The van der Waals surface area contributed by atoms with Crippen molar-refractivity contribution < 1.29 is 14.3 Å². The lowest BCUT2D eigenvalue weighted by atomic mass is 10.1. The lowest BCUT2D eigenvalue weighted by Crippen LogP contribution is -2.27. The van der Waals surface area contributed by atoms with Crippen LogP contribution in [0.1, 0.15) is 41.9 Å². The van der Waals surface area contributed by atoms with Crippen molar-refractivity contribution in [3.63, 3.8) is 0 Å². The highest BCUT2D eigenvalue weighted by Gasteiger charge is 2.17. The van der Waals surface area contributed by atoms with Crippen LogP contribution < -0.4 is 14.8 Å². The summed E-state index contributed by atoms with van der Waals surface area (Å²) >= 11 is 1.52. The zero-order chi connectivity index (χ0) is 18.7. The van der Waals surface area contributed by atoms with Crippen molar-refractivity contribution in [1.82, 2.24) is 15.3 Å². The van der Waals surface area contributed by atoms with Crippen LogP contribution in [0.5, 0.6) is 11.5 Å². The van der Waals surface area contributed by atoms with Gasteiger partial charge in [0.05, 0.1) is 6.04 Å². The molecule has 1 amide bonds. The molecule has 0 saturated heterocycles. The van der Waals surface area contributed by atoms with Crippen molar-refractivity contribution >= 4 is 17.7 Å². The number of hydrogen-bond donors (Lipinski definition) is 1. The smallest absolute Gasteiger partial charge is 0.231 e. The van der Waals surface area contributed by atoms with Crippen LogP contribution in [0.15, 0.2) is 23.4 Å². The van der Waals surface area contributed by atoms with E-state index in [4.69, 9.17) is 9.47 Å². The maximum Gasteiger partial charge on any atom is 0.231 e. The molecule has 2 aromatic rings. The van der Waals surface area contributed by atoms with E-state index in [2.05, 4.69) is 15.3 Å². The van der Waals surface area contributed by atoms with E-state index in [0.29, 0.717) is 12.8 Å². The number of aromatic nitrogens is 2. The quantitative estimate of drug-likeness (QED) is 0.618. The lowest BCUT2D eigenvalue weighted by Gasteiger charge is -2.15. The van der Waals surface area contributed by atoms with Gasteiger partial charge in [-0.25, -0.2) is 9.97 Å². The third-order valence-corrected chi connectivity index (χ3v) is 5.01. The van der Waals surface area contributed by atoms with Gasteiger partial charge in [0.1, 0.15) is 0 Å². The molecule has 1 aromatic carbocycles. The summed E-state index contributed by atoms with van der Waals surface area (Å²) in [7, 11) is 0. The summed E-state index contributed by atoms with van der Waals surface area (Å²) in [5.41, 5.74) is 3.92. The molecule has 0 bridgehead atoms. The van der Waals surface area contributed by atoms with Crippen molar-refractivity contribution in [1.29, 1.82) is 0 Å². The predicted molar refractivity (Wildman–Crippen MR) is 101 cm³/mol. The Bertz CT molecular complexity index is 803. The molecule has 1 aromatic heterocycles. The maximum atomic E-state index is 12.4. The standard InChI is InChI=1S/C19H23N3O3S/c1-11(14-5-7-16-17(9-14)25-10-24-16)20-18(23)8-6-15-12(2)21-19(26-4)22-13(15)3/h5,7,9,11H,6,8,10H2,1-4H3,(H,20,23)/t11-/m1/s1. The molecule has 0 unspecified atom stereocenters. The van der Waals surface area contributed by atoms with Crippen molar-refractivity contribution in [2.24, 2.45) is 0 Å². The monoisotopic (exact) mass is 373 g/mol. The normalized spacial score (nSPS) is 13.5. The van der Waals surface area contributed by atoms with E-state index < -0.39 is 0 Å². The van der Waals surface area contributed by atoms with Gasteiger partial charge in [0.2, 0.25) is 12.7 Å². The average molecular weight is 373 g/mol. The molecule has 6 nitrogen and oxygen atoms in total. The van der Waals surface area contributed by atoms with Gasteiger partial charge in [-0.1, -0.05) is 17.8 Å². The van der Waals surface area contributed by atoms with E-state index >= 15 is 0 Å². The van der Waals surface area contributed by atoms with Gasteiger partial charge in [-0.05, 0) is 56.7 Å². The second-order valence-electron chi connectivity index (χ2n) is 6.26. The highest BCUT2D eigenvalue weighted by atomic mass is 32.2. The predicted octanol–water partition coefficient (Wildman–Crippen LogP) is 3.35. The first-order chi connectivity index (χ1) is 12.5. The number of amides is 1. The average Bonchev–Trinajstić information content (AvgIpc) is 3.08. The second kappa shape index (κ2) is 7.95. The largest absolute Gasteiger partial charge is 0.454 e. The summed E-state index contributed by atoms with van der Waals surface area (Å²) in [6, 6.07) is 5.63. The number of nitrogens with zero attached hydrogens (tertiary/aromatic N) is 2. The molecule has 0 aliphatic carbocycles. The Hall–Kier alpha value is -2.28. The van der Waals surface area contributed by atoms with Crippen molar-refractivity contribution in [3.05, 3.63) is 40.7 Å². The number of ether oxygens (including phenoxy) is 2. The first-order valence-electron chi connectivity index (χ1n) is 8.55. The van der Waals surface area contributed by atoms with Crippen molar-refractivity contribution in [2.45, 2.75) is 44.8 Å². The number of carbonyl (C=O) groups excluding carboxylic acids is 1. The number of hydrogen-bond acceptors (Lipinski definition) is 6. The first kappa shape index (κ1) is 18.5. The van der Waals surface area contributed by atoms with Crippen LogP contribution in [0, 0.1) is 13.8 Å².